The highest BCUT2D eigenvalue weighted by Crippen LogP contribution is 2.23. The molecule has 4 amide bonds. The second kappa shape index (κ2) is 18.3. The molecule has 0 spiro atoms. The molecule has 0 radical (unpaired) electrons. The molecule has 1 heterocycles. The van der Waals surface area contributed by atoms with Crippen LogP contribution in [0.25, 0.3) is 11.3 Å². The van der Waals surface area contributed by atoms with Crippen molar-refractivity contribution in [1.29, 1.82) is 0 Å². The Morgan fingerprint density at radius 1 is 0.824 bits per heavy atom. The van der Waals surface area contributed by atoms with Crippen LogP contribution >= 0.6 is 0 Å². The number of benzene rings is 2. The number of rotatable bonds is 14. The summed E-state index contributed by atoms with van der Waals surface area (Å²) in [5, 5.41) is 19.0. The van der Waals surface area contributed by atoms with Gasteiger partial charge < -0.3 is 30.5 Å². The number of aliphatic hydroxyl groups is 1. The Labute approximate surface area is 320 Å². The first-order valence-corrected chi connectivity index (χ1v) is 15.6. The lowest BCUT2D eigenvalue weighted by Gasteiger charge is -2.35. The lowest BCUT2D eigenvalue weighted by molar-refractivity contribution is -0.132. The van der Waals surface area contributed by atoms with Crippen LogP contribution in [0.3, 0.4) is 0 Å². The molecule has 0 saturated carbocycles. The Balaban J connectivity index is 2.30. The van der Waals surface area contributed by atoms with Crippen LogP contribution in [0.15, 0.2) is 79.0 Å². The summed E-state index contributed by atoms with van der Waals surface area (Å²) in [5.41, 5.74) is -2.03. The molecule has 5 N–H and O–H groups in total. The fourth-order valence-electron chi connectivity index (χ4n) is 4.82. The van der Waals surface area contributed by atoms with Crippen LogP contribution in [0.1, 0.15) is 71.6 Å². The van der Waals surface area contributed by atoms with E-state index in [2.05, 4.69) is 20.4 Å². The lowest BCUT2D eigenvalue weighted by Crippen LogP contribution is -2.60. The number of hydrogen-bond acceptors (Lipinski definition) is 9. The fourth-order valence-corrected chi connectivity index (χ4v) is 4.82. The van der Waals surface area contributed by atoms with E-state index in [-0.39, 0.29) is 12.0 Å². The van der Waals surface area contributed by atoms with Gasteiger partial charge in [-0.3, -0.25) is 20.0 Å². The smallest absolute Gasteiger partial charge is 0.407 e. The average Bonchev–Trinajstić information content (AvgIpc) is 3.17. The van der Waals surface area contributed by atoms with E-state index < -0.39 is 99.7 Å². The van der Waals surface area contributed by atoms with E-state index in [0.29, 0.717) is 21.8 Å². The summed E-state index contributed by atoms with van der Waals surface area (Å²) in [7, 11) is -2.51. The highest BCUT2D eigenvalue weighted by molar-refractivity contribution is 5.87. The molecular weight excluding hydrogens is 652 g/mol. The molecule has 13 nitrogen and oxygen atoms in total. The van der Waals surface area contributed by atoms with Gasteiger partial charge in [0.2, 0.25) is 5.91 Å². The molecule has 0 aliphatic rings. The van der Waals surface area contributed by atoms with Gasteiger partial charge in [0.1, 0.15) is 12.1 Å². The summed E-state index contributed by atoms with van der Waals surface area (Å²) in [6.45, 7) is -11.8. The molecule has 0 bridgehead atoms. The summed E-state index contributed by atoms with van der Waals surface area (Å²) in [6.07, 6.45) is -3.74. The van der Waals surface area contributed by atoms with Crippen molar-refractivity contribution >= 4 is 24.0 Å². The van der Waals surface area contributed by atoms with Gasteiger partial charge in [-0.15, -0.1) is 0 Å². The first-order chi connectivity index (χ1) is 29.7. The summed E-state index contributed by atoms with van der Waals surface area (Å²) >= 11 is 0. The van der Waals surface area contributed by atoms with E-state index in [4.69, 9.17) is 21.2 Å². The first-order valence-electron chi connectivity index (χ1n) is 22.6. The minimum atomic E-state index is -4.25. The highest BCUT2D eigenvalue weighted by atomic mass is 16.5. The number of nitrogens with zero attached hydrogens (tertiary/aromatic N) is 2. The number of pyridine rings is 1. The van der Waals surface area contributed by atoms with Gasteiger partial charge in [-0.1, -0.05) is 102 Å². The summed E-state index contributed by atoms with van der Waals surface area (Å²) < 4.78 is 124. The third-order valence-electron chi connectivity index (χ3n) is 7.44. The summed E-state index contributed by atoms with van der Waals surface area (Å²) in [5.74, 6) is -2.86. The van der Waals surface area contributed by atoms with Crippen molar-refractivity contribution in [2.45, 2.75) is 78.5 Å². The minimum Gasteiger partial charge on any atom is -0.453 e. The molecule has 276 valence electrons. The highest BCUT2D eigenvalue weighted by Gasteiger charge is 2.37. The van der Waals surface area contributed by atoms with Gasteiger partial charge in [0.25, 0.3) is 5.91 Å². The Bertz CT molecular complexity index is 2050. The summed E-state index contributed by atoms with van der Waals surface area (Å²) in [4.78, 5) is 58.1. The third-order valence-corrected chi connectivity index (χ3v) is 7.44. The van der Waals surface area contributed by atoms with Gasteiger partial charge in [-0.05, 0) is 40.5 Å². The molecule has 4 atom stereocenters. The van der Waals surface area contributed by atoms with Crippen molar-refractivity contribution in [2.75, 3.05) is 20.7 Å². The normalized spacial score (nSPS) is 19.3. The molecule has 3 aromatic rings. The van der Waals surface area contributed by atoms with Crippen LogP contribution < -0.4 is 21.4 Å². The second-order valence-electron chi connectivity index (χ2n) is 12.6. The van der Waals surface area contributed by atoms with Gasteiger partial charge in [-0.25, -0.2) is 14.6 Å². The van der Waals surface area contributed by atoms with Crippen molar-refractivity contribution in [3.63, 3.8) is 0 Å². The fraction of sp³-hybridized carbons (Fsp3) is 0.447. The second-order valence-corrected chi connectivity index (χ2v) is 12.6. The van der Waals surface area contributed by atoms with Crippen LogP contribution in [0.2, 0.25) is 0 Å². The maximum atomic E-state index is 14.6. The van der Waals surface area contributed by atoms with E-state index in [1.165, 1.54) is 35.8 Å². The number of aromatic nitrogens is 1. The Morgan fingerprint density at radius 3 is 2.02 bits per heavy atom. The van der Waals surface area contributed by atoms with Gasteiger partial charge in [0, 0.05) is 37.1 Å². The molecular formula is C38H52N6O7. The van der Waals surface area contributed by atoms with Crippen molar-refractivity contribution in [3.05, 3.63) is 90.1 Å². The Hall–Kier alpha value is -5.01. The van der Waals surface area contributed by atoms with E-state index in [0.717, 1.165) is 7.11 Å². The van der Waals surface area contributed by atoms with Gasteiger partial charge in [-0.2, -0.15) is 0 Å². The molecule has 13 heteroatoms. The number of ether oxygens (including phenoxy) is 2. The number of nitrogens with one attached hydrogen (secondary N) is 4. The number of carbonyl (C=O) groups excluding carboxylic acids is 4. The van der Waals surface area contributed by atoms with Crippen LogP contribution in [0.4, 0.5) is 9.59 Å². The van der Waals surface area contributed by atoms with Crippen LogP contribution in [-0.2, 0) is 32.0 Å². The molecule has 3 rings (SSSR count). The van der Waals surface area contributed by atoms with E-state index in [1.807, 2.05) is 5.43 Å². The number of carbonyl (C=O) groups is 4. The van der Waals surface area contributed by atoms with E-state index in [1.54, 1.807) is 69.3 Å². The van der Waals surface area contributed by atoms with Gasteiger partial charge in [0.05, 0.1) is 38.8 Å². The predicted molar refractivity (Wildman–Crippen MR) is 194 cm³/mol. The maximum Gasteiger partial charge on any atom is 0.407 e. The SMILES string of the molecule is [2H]C([2H])([2H])OC(=O)N[C@H](C(=O)NN(C[C@H](O)[C@H](Cc1ccccc1)NC(=O)[C@@H](NC(=O)OC)C(C)(C)C)C([2H])([2H])c1ccc(-c2ccccn2)cc1)C(C([2H])([2H])[2H])(C([2H])([2H])[2H])C([2H])([2H])[2H]. The number of aliphatic hydroxyl groups excluding tert-OH is 1. The number of methoxy groups -OCH3 is 2. The molecule has 0 aliphatic heterocycles. The Kier molecular flexibility index (Phi) is 8.69. The quantitative estimate of drug-likeness (QED) is 0.153. The molecule has 0 aliphatic carbocycles. The topological polar surface area (TPSA) is 171 Å². The third kappa shape index (κ3) is 12.7. The average molecular weight is 719 g/mol. The molecule has 1 aromatic heterocycles. The van der Waals surface area contributed by atoms with Crippen LogP contribution in [0, 0.1) is 10.8 Å². The Morgan fingerprint density at radius 2 is 1.45 bits per heavy atom. The molecule has 51 heavy (non-hydrogen) atoms. The standard InChI is InChI=1S/C38H52N6O7/c1-37(2,3)31(41-35(48)50-7)33(46)40-29(22-25-14-10-9-11-15-25)30(45)24-44(43-34(47)32(38(4,5)6)42-36(49)51-8)23-26-17-19-27(20-18-26)28-16-12-13-21-39-28/h9-21,29-32,45H,22-24H2,1-8H3,(H,40,46)(H,41,48)(H,42,49)(H,43,47)/t29-,30-,31+,32+/m0/s1/i4D3,5D3,6D3,8D3,23D2. The zero-order valence-electron chi connectivity index (χ0n) is 42.5. The molecule has 2 aromatic carbocycles. The van der Waals surface area contributed by atoms with Crippen molar-refractivity contribution in [1.82, 2.24) is 31.4 Å². The van der Waals surface area contributed by atoms with Crippen LogP contribution in [0.5, 0.6) is 0 Å². The molecule has 0 unspecified atom stereocenters. The molecule has 0 fully saturated rings. The number of hydrogen-bond donors (Lipinski definition) is 5. The number of alkyl carbamates (subject to hydrolysis) is 2. The number of amides is 4. The first kappa shape index (κ1) is 24.2. The van der Waals surface area contributed by atoms with Gasteiger partial charge in [0.15, 0.2) is 0 Å². The van der Waals surface area contributed by atoms with Crippen molar-refractivity contribution < 1.29 is 52.9 Å². The van der Waals surface area contributed by atoms with Gasteiger partial charge >= 0.3 is 12.2 Å². The van der Waals surface area contributed by atoms with E-state index in [9.17, 15) is 27.0 Å². The summed E-state index contributed by atoms with van der Waals surface area (Å²) in [6, 6.07) is 12.7. The maximum absolute atomic E-state index is 14.6. The number of hydrazine groups is 1. The zero-order chi connectivity index (χ0) is 49.6. The monoisotopic (exact) mass is 718 g/mol. The zero-order valence-corrected chi connectivity index (χ0v) is 28.5. The predicted octanol–water partition coefficient (Wildman–Crippen LogP) is 4.21. The largest absolute Gasteiger partial charge is 0.453 e. The molecule has 0 saturated heterocycles. The van der Waals surface area contributed by atoms with Crippen molar-refractivity contribution in [2.24, 2.45) is 10.8 Å². The van der Waals surface area contributed by atoms with E-state index >= 15 is 0 Å². The van der Waals surface area contributed by atoms with Crippen LogP contribution in [-0.4, -0.2) is 84.0 Å². The van der Waals surface area contributed by atoms with Crippen molar-refractivity contribution in [3.8, 4) is 11.3 Å². The minimum absolute atomic E-state index is 0.183. The lowest BCUT2D eigenvalue weighted by atomic mass is 9.85.